The highest BCUT2D eigenvalue weighted by molar-refractivity contribution is 5.78. The van der Waals surface area contributed by atoms with Crippen LogP contribution in [-0.2, 0) is 4.79 Å². The first kappa shape index (κ1) is 11.0. The van der Waals surface area contributed by atoms with Gasteiger partial charge in [0.15, 0.2) is 11.6 Å². The second kappa shape index (κ2) is 4.15. The van der Waals surface area contributed by atoms with E-state index < -0.39 is 23.8 Å². The number of nitrogens with one attached hydrogen (secondary N) is 1. The smallest absolute Gasteiger partial charge is 0.220 e. The van der Waals surface area contributed by atoms with Crippen molar-refractivity contribution in [3.8, 4) is 0 Å². The third kappa shape index (κ3) is 2.03. The molecule has 1 aromatic carbocycles. The van der Waals surface area contributed by atoms with Crippen molar-refractivity contribution < 1.29 is 18.0 Å². The van der Waals surface area contributed by atoms with E-state index in [2.05, 4.69) is 5.32 Å². The molecule has 1 aliphatic heterocycles. The van der Waals surface area contributed by atoms with Gasteiger partial charge in [0.1, 0.15) is 6.17 Å². The van der Waals surface area contributed by atoms with Crippen LogP contribution >= 0.6 is 0 Å². The number of amides is 1. The molecule has 0 saturated carbocycles. The molecule has 0 aromatic heterocycles. The summed E-state index contributed by atoms with van der Waals surface area (Å²) in [6.07, 6.45) is -0.852. The molecule has 2 atom stereocenters. The summed E-state index contributed by atoms with van der Waals surface area (Å²) >= 11 is 0. The standard InChI is InChI=1S/C11H10F3NO/c12-7-2-1-6(5-8(7)13)11(14)9-3-4-10(16)15-9/h1-2,5,9,11H,3-4H2,(H,15,16)/t9-,11+/m1/s1. The molecule has 0 radical (unpaired) electrons. The third-order valence-corrected chi connectivity index (χ3v) is 2.64. The van der Waals surface area contributed by atoms with Crippen molar-refractivity contribution >= 4 is 5.91 Å². The van der Waals surface area contributed by atoms with Gasteiger partial charge in [-0.1, -0.05) is 6.07 Å². The number of carbonyl (C=O) groups is 1. The van der Waals surface area contributed by atoms with Gasteiger partial charge in [-0.15, -0.1) is 0 Å². The van der Waals surface area contributed by atoms with E-state index in [4.69, 9.17) is 0 Å². The zero-order valence-corrected chi connectivity index (χ0v) is 8.34. The lowest BCUT2D eigenvalue weighted by Gasteiger charge is -2.15. The number of halogens is 3. The quantitative estimate of drug-likeness (QED) is 0.828. The molecule has 2 nitrogen and oxygen atoms in total. The number of benzene rings is 1. The molecule has 0 unspecified atom stereocenters. The Morgan fingerprint density at radius 1 is 1.31 bits per heavy atom. The normalized spacial score (nSPS) is 21.9. The largest absolute Gasteiger partial charge is 0.350 e. The molecule has 86 valence electrons. The topological polar surface area (TPSA) is 29.1 Å². The summed E-state index contributed by atoms with van der Waals surface area (Å²) in [7, 11) is 0. The molecule has 5 heteroatoms. The molecule has 2 rings (SSSR count). The van der Waals surface area contributed by atoms with Gasteiger partial charge in [-0.2, -0.15) is 0 Å². The summed E-state index contributed by atoms with van der Waals surface area (Å²) in [4.78, 5) is 10.9. The van der Waals surface area contributed by atoms with Crippen molar-refractivity contribution in [1.82, 2.24) is 5.32 Å². The predicted molar refractivity (Wildman–Crippen MR) is 51.4 cm³/mol. The fourth-order valence-electron chi connectivity index (χ4n) is 1.77. The minimum atomic E-state index is -1.50. The number of rotatable bonds is 2. The molecule has 1 aromatic rings. The second-order valence-corrected chi connectivity index (χ2v) is 3.79. The molecule has 0 aliphatic carbocycles. The van der Waals surface area contributed by atoms with Crippen LogP contribution in [0.25, 0.3) is 0 Å². The first-order chi connectivity index (χ1) is 7.58. The van der Waals surface area contributed by atoms with E-state index in [-0.39, 0.29) is 17.9 Å². The summed E-state index contributed by atoms with van der Waals surface area (Å²) in [5, 5.41) is 2.46. The van der Waals surface area contributed by atoms with Gasteiger partial charge in [0.2, 0.25) is 5.91 Å². The molecule has 1 amide bonds. The summed E-state index contributed by atoms with van der Waals surface area (Å²) in [6, 6.07) is 2.25. The fourth-order valence-corrected chi connectivity index (χ4v) is 1.77. The molecule has 0 bridgehead atoms. The lowest BCUT2D eigenvalue weighted by Crippen LogP contribution is -2.29. The highest BCUT2D eigenvalue weighted by Crippen LogP contribution is 2.27. The van der Waals surface area contributed by atoms with Crippen LogP contribution in [0.15, 0.2) is 18.2 Å². The van der Waals surface area contributed by atoms with Crippen molar-refractivity contribution in [3.05, 3.63) is 35.4 Å². The Kier molecular flexibility index (Phi) is 2.85. The van der Waals surface area contributed by atoms with E-state index in [0.29, 0.717) is 6.42 Å². The van der Waals surface area contributed by atoms with Gasteiger partial charge in [-0.05, 0) is 24.1 Å². The van der Waals surface area contributed by atoms with Gasteiger partial charge >= 0.3 is 0 Å². The Morgan fingerprint density at radius 2 is 2.06 bits per heavy atom. The van der Waals surface area contributed by atoms with Crippen LogP contribution in [0, 0.1) is 11.6 Å². The lowest BCUT2D eigenvalue weighted by atomic mass is 10.0. The molecular weight excluding hydrogens is 219 g/mol. The van der Waals surface area contributed by atoms with Gasteiger partial charge in [-0.25, -0.2) is 13.2 Å². The van der Waals surface area contributed by atoms with Gasteiger partial charge in [0.05, 0.1) is 6.04 Å². The number of carbonyl (C=O) groups excluding carboxylic acids is 1. The van der Waals surface area contributed by atoms with Crippen LogP contribution in [0.4, 0.5) is 13.2 Å². The zero-order valence-electron chi connectivity index (χ0n) is 8.34. The second-order valence-electron chi connectivity index (χ2n) is 3.79. The monoisotopic (exact) mass is 229 g/mol. The first-order valence-corrected chi connectivity index (χ1v) is 4.96. The van der Waals surface area contributed by atoms with E-state index in [0.717, 1.165) is 12.1 Å². The summed E-state index contributed by atoms with van der Waals surface area (Å²) in [5.41, 5.74) is 0.0473. The minimum absolute atomic E-state index is 0.0473. The van der Waals surface area contributed by atoms with E-state index in [1.54, 1.807) is 0 Å². The van der Waals surface area contributed by atoms with Gasteiger partial charge < -0.3 is 5.32 Å². The van der Waals surface area contributed by atoms with Crippen LogP contribution in [0.2, 0.25) is 0 Å². The number of alkyl halides is 1. The third-order valence-electron chi connectivity index (χ3n) is 2.64. The van der Waals surface area contributed by atoms with Crippen LogP contribution in [-0.4, -0.2) is 11.9 Å². The van der Waals surface area contributed by atoms with Gasteiger partial charge in [0.25, 0.3) is 0 Å². The van der Waals surface area contributed by atoms with Gasteiger partial charge in [-0.3, -0.25) is 4.79 Å². The maximum absolute atomic E-state index is 13.8. The lowest BCUT2D eigenvalue weighted by molar-refractivity contribution is -0.119. The van der Waals surface area contributed by atoms with Crippen LogP contribution in [0.1, 0.15) is 24.6 Å². The zero-order chi connectivity index (χ0) is 11.7. The average Bonchev–Trinajstić information content (AvgIpc) is 2.68. The maximum Gasteiger partial charge on any atom is 0.220 e. The Hall–Kier alpha value is -1.52. The number of hydrogen-bond acceptors (Lipinski definition) is 1. The highest BCUT2D eigenvalue weighted by Gasteiger charge is 2.30. The molecule has 0 spiro atoms. The molecule has 1 aliphatic rings. The van der Waals surface area contributed by atoms with Crippen LogP contribution in [0.3, 0.4) is 0 Å². The first-order valence-electron chi connectivity index (χ1n) is 4.96. The Bertz CT molecular complexity index is 422. The van der Waals surface area contributed by atoms with E-state index in [1.807, 2.05) is 0 Å². The van der Waals surface area contributed by atoms with Crippen molar-refractivity contribution in [1.29, 1.82) is 0 Å². The summed E-state index contributed by atoms with van der Waals surface area (Å²) < 4.78 is 39.3. The molecular formula is C11H10F3NO. The Balaban J connectivity index is 2.17. The molecule has 1 N–H and O–H groups in total. The minimum Gasteiger partial charge on any atom is -0.350 e. The highest BCUT2D eigenvalue weighted by atomic mass is 19.2. The van der Waals surface area contributed by atoms with Crippen LogP contribution < -0.4 is 5.32 Å². The summed E-state index contributed by atoms with van der Waals surface area (Å²) in [5.74, 6) is -2.30. The van der Waals surface area contributed by atoms with Crippen molar-refractivity contribution in [3.63, 3.8) is 0 Å². The van der Waals surface area contributed by atoms with Crippen molar-refractivity contribution in [2.24, 2.45) is 0 Å². The van der Waals surface area contributed by atoms with E-state index in [1.165, 1.54) is 6.07 Å². The molecule has 1 fully saturated rings. The maximum atomic E-state index is 13.8. The Labute approximate surface area is 90.5 Å². The van der Waals surface area contributed by atoms with Crippen LogP contribution in [0.5, 0.6) is 0 Å². The predicted octanol–water partition coefficient (Wildman–Crippen LogP) is 2.25. The van der Waals surface area contributed by atoms with E-state index >= 15 is 0 Å². The number of hydrogen-bond donors (Lipinski definition) is 1. The van der Waals surface area contributed by atoms with Crippen molar-refractivity contribution in [2.75, 3.05) is 0 Å². The van der Waals surface area contributed by atoms with Crippen molar-refractivity contribution in [2.45, 2.75) is 25.1 Å². The van der Waals surface area contributed by atoms with E-state index in [9.17, 15) is 18.0 Å². The molecule has 1 heterocycles. The molecule has 16 heavy (non-hydrogen) atoms. The fraction of sp³-hybridized carbons (Fsp3) is 0.364. The Morgan fingerprint density at radius 3 is 2.62 bits per heavy atom. The SMILES string of the molecule is O=C1CC[C@H]([C@@H](F)c2ccc(F)c(F)c2)N1. The average molecular weight is 229 g/mol. The summed E-state index contributed by atoms with van der Waals surface area (Å²) in [6.45, 7) is 0. The van der Waals surface area contributed by atoms with Gasteiger partial charge in [0, 0.05) is 6.42 Å². The molecule has 1 saturated heterocycles.